The van der Waals surface area contributed by atoms with E-state index in [1.54, 1.807) is 34.6 Å². The van der Waals surface area contributed by atoms with Gasteiger partial charge in [-0.2, -0.15) is 0 Å². The number of hydrogen-bond donors (Lipinski definition) is 3. The van der Waals surface area contributed by atoms with Crippen molar-refractivity contribution in [3.8, 4) is 0 Å². The van der Waals surface area contributed by atoms with Crippen molar-refractivity contribution in [1.82, 2.24) is 10.2 Å². The molecule has 59 heavy (non-hydrogen) atoms. The zero-order valence-corrected chi connectivity index (χ0v) is 38.2. The molecule has 16 heteroatoms. The molecule has 0 aromatic rings. The quantitative estimate of drug-likeness (QED) is 0.302. The molecule has 0 saturated carbocycles. The van der Waals surface area contributed by atoms with E-state index >= 15 is 0 Å². The molecular formula is C43H76N2O14. The average molecular weight is 845 g/mol. The third kappa shape index (κ3) is 11.3. The molecule has 0 aromatic heterocycles. The van der Waals surface area contributed by atoms with Gasteiger partial charge in [0.15, 0.2) is 18.7 Å². The van der Waals surface area contributed by atoms with E-state index in [-0.39, 0.29) is 56.4 Å². The van der Waals surface area contributed by atoms with Crippen LogP contribution in [0.5, 0.6) is 0 Å². The summed E-state index contributed by atoms with van der Waals surface area (Å²) in [5.74, 6) is -4.26. The Hall–Kier alpha value is -1.99. The minimum absolute atomic E-state index is 0.131. The molecule has 3 N–H and O–H groups in total. The fourth-order valence-corrected chi connectivity index (χ4v) is 9.73. The molecule has 1 amide bonds. The minimum atomic E-state index is -1.79. The number of methoxy groups -OCH3 is 1. The number of likely N-dealkylation sites (N-methyl/N-ethyl adjacent to an activating group) is 1. The number of esters is 2. The molecule has 0 spiro atoms. The van der Waals surface area contributed by atoms with E-state index in [1.807, 2.05) is 60.5 Å². The Balaban J connectivity index is 1.93. The SMILES string of the molecule is CC[C@H]1OC(=O)[C@H](C)[C@@H](O[C@H]2C[C@@](C)(OC)[C@H](OC(C)=O)[C@H](C)O2)[C@H](C)[C@@H](O[C@@H]2O[C@H](C)C[C@H](N(C)C)[C@H]2O)[C@@]2(C)C[C@@H](C)NC(=O)[C@H](C)[C@@H](OCC(C)CO2)[C@]1(C)O. The lowest BCUT2D eigenvalue weighted by atomic mass is 9.78. The first-order valence-electron chi connectivity index (χ1n) is 21.6. The lowest BCUT2D eigenvalue weighted by Gasteiger charge is -2.50. The van der Waals surface area contributed by atoms with Gasteiger partial charge in [0, 0.05) is 44.4 Å². The normalized spacial score (nSPS) is 47.2. The van der Waals surface area contributed by atoms with Gasteiger partial charge in [-0.3, -0.25) is 14.4 Å². The number of carbonyl (C=O) groups excluding carboxylic acids is 3. The molecule has 5 heterocycles. The highest BCUT2D eigenvalue weighted by atomic mass is 16.7. The summed E-state index contributed by atoms with van der Waals surface area (Å²) in [6, 6.07) is -0.769. The molecule has 5 fully saturated rings. The average Bonchev–Trinajstić information content (AvgIpc) is 3.14. The summed E-state index contributed by atoms with van der Waals surface area (Å²) in [5.41, 5.74) is -4.02. The fraction of sp³-hybridized carbons (Fsp3) is 0.930. The summed E-state index contributed by atoms with van der Waals surface area (Å²) in [7, 11) is 5.33. The maximum Gasteiger partial charge on any atom is 0.311 e. The van der Waals surface area contributed by atoms with E-state index in [0.717, 1.165) is 0 Å². The maximum absolute atomic E-state index is 14.6. The molecule has 0 radical (unpaired) electrons. The molecule has 5 aliphatic heterocycles. The Morgan fingerprint density at radius 3 is 2.20 bits per heavy atom. The first-order chi connectivity index (χ1) is 27.4. The highest BCUT2D eigenvalue weighted by Gasteiger charge is 2.55. The van der Waals surface area contributed by atoms with Crippen molar-refractivity contribution in [1.29, 1.82) is 0 Å². The maximum atomic E-state index is 14.6. The van der Waals surface area contributed by atoms with E-state index in [1.165, 1.54) is 14.0 Å². The molecule has 1 unspecified atom stereocenters. The zero-order valence-electron chi connectivity index (χ0n) is 38.2. The van der Waals surface area contributed by atoms with E-state index in [0.29, 0.717) is 6.42 Å². The Morgan fingerprint density at radius 1 is 0.949 bits per heavy atom. The van der Waals surface area contributed by atoms with Gasteiger partial charge in [0.25, 0.3) is 0 Å². The first kappa shape index (κ1) is 49.7. The van der Waals surface area contributed by atoms with Crippen molar-refractivity contribution >= 4 is 17.8 Å². The second-order valence-electron chi connectivity index (χ2n) is 18.8. The number of ether oxygens (including phenoxy) is 9. The molecule has 19 atom stereocenters. The molecule has 0 aromatic carbocycles. The van der Waals surface area contributed by atoms with Gasteiger partial charge in [0.05, 0.1) is 55.1 Å². The van der Waals surface area contributed by atoms with Crippen LogP contribution in [0.1, 0.15) is 109 Å². The van der Waals surface area contributed by atoms with Gasteiger partial charge in [-0.25, -0.2) is 0 Å². The summed E-state index contributed by atoms with van der Waals surface area (Å²) in [4.78, 5) is 42.7. The van der Waals surface area contributed by atoms with Gasteiger partial charge in [-0.1, -0.05) is 27.7 Å². The summed E-state index contributed by atoms with van der Waals surface area (Å²) < 4.78 is 58.0. The largest absolute Gasteiger partial charge is 0.459 e. The summed E-state index contributed by atoms with van der Waals surface area (Å²) in [5, 5.41) is 27.2. The Labute approximate surface area is 351 Å². The number of nitrogens with zero attached hydrogens (tertiary/aromatic N) is 1. The summed E-state index contributed by atoms with van der Waals surface area (Å²) >= 11 is 0. The number of amides is 1. The van der Waals surface area contributed by atoms with E-state index in [9.17, 15) is 24.6 Å². The number of aliphatic hydroxyl groups is 2. The topological polar surface area (TPSA) is 190 Å². The molecule has 16 nitrogen and oxygen atoms in total. The van der Waals surface area contributed by atoms with Crippen LogP contribution >= 0.6 is 0 Å². The second kappa shape index (κ2) is 20.0. The number of hydrogen-bond acceptors (Lipinski definition) is 15. The van der Waals surface area contributed by atoms with Crippen LogP contribution in [0.25, 0.3) is 0 Å². The van der Waals surface area contributed by atoms with Crippen LogP contribution in [0.4, 0.5) is 0 Å². The van der Waals surface area contributed by atoms with Crippen LogP contribution in [0, 0.1) is 23.7 Å². The highest BCUT2D eigenvalue weighted by Crippen LogP contribution is 2.42. The Morgan fingerprint density at radius 2 is 1.61 bits per heavy atom. The van der Waals surface area contributed by atoms with Crippen molar-refractivity contribution in [3.63, 3.8) is 0 Å². The number of nitrogens with one attached hydrogen (secondary N) is 1. The molecule has 342 valence electrons. The number of fused-ring (bicyclic) bond motifs is 15. The molecular weight excluding hydrogens is 768 g/mol. The standard InChI is InChI=1S/C43H76N2O14/c1-16-31-43(12,50)36-27(7)38(48)44-23(3)18-42(11,53-21-22(2)20-52-36)35(59-40-33(47)30(45(13)14)17-24(4)54-40)25(5)34(26(6)39(49)57-31)58-32-19-41(10,51-15)37(28(8)55-32)56-29(9)46/h22-28,30-37,40,47,50H,16-21H2,1-15H3,(H,44,48)/t22?,23-,24-,25+,26-,27-,28+,30+,31-,32+,33-,34+,35-,36-,37-,40+,41-,42-,43-/m1/s1. The lowest BCUT2D eigenvalue weighted by molar-refractivity contribution is -0.321. The zero-order chi connectivity index (χ0) is 44.4. The molecule has 0 aliphatic carbocycles. The molecule has 5 saturated heterocycles. The van der Waals surface area contributed by atoms with Crippen molar-refractivity contribution in [2.75, 3.05) is 34.4 Å². The van der Waals surface area contributed by atoms with Gasteiger partial charge in [0.1, 0.15) is 29.5 Å². The van der Waals surface area contributed by atoms with E-state index in [4.69, 9.17) is 42.6 Å². The van der Waals surface area contributed by atoms with Crippen LogP contribution in [-0.4, -0.2) is 158 Å². The molecule has 5 rings (SSSR count). The van der Waals surface area contributed by atoms with Crippen LogP contribution < -0.4 is 5.32 Å². The number of aliphatic hydroxyl groups excluding tert-OH is 1. The Kier molecular flexibility index (Phi) is 16.9. The van der Waals surface area contributed by atoms with Crippen LogP contribution in [0.2, 0.25) is 0 Å². The molecule has 5 aliphatic rings. The summed E-state index contributed by atoms with van der Waals surface area (Å²) in [6.07, 6.45) is -7.72. The fourth-order valence-electron chi connectivity index (χ4n) is 9.73. The van der Waals surface area contributed by atoms with Crippen molar-refractivity contribution in [2.45, 2.75) is 199 Å². The van der Waals surface area contributed by atoms with E-state index < -0.39 is 108 Å². The third-order valence-electron chi connectivity index (χ3n) is 13.1. The van der Waals surface area contributed by atoms with Gasteiger partial charge < -0.3 is 63.1 Å². The van der Waals surface area contributed by atoms with Crippen LogP contribution in [0.3, 0.4) is 0 Å². The van der Waals surface area contributed by atoms with Crippen LogP contribution in [0.15, 0.2) is 0 Å². The monoisotopic (exact) mass is 845 g/mol. The summed E-state index contributed by atoms with van der Waals surface area (Å²) in [6.45, 7) is 21.6. The van der Waals surface area contributed by atoms with Crippen molar-refractivity contribution in [3.05, 3.63) is 0 Å². The second-order valence-corrected chi connectivity index (χ2v) is 18.8. The van der Waals surface area contributed by atoms with Gasteiger partial charge in [-0.05, 0) is 81.8 Å². The number of rotatable bonds is 8. The van der Waals surface area contributed by atoms with E-state index in [2.05, 4.69) is 5.32 Å². The minimum Gasteiger partial charge on any atom is -0.459 e. The predicted molar refractivity (Wildman–Crippen MR) is 216 cm³/mol. The first-order valence-corrected chi connectivity index (χ1v) is 21.6. The molecule has 2 bridgehead atoms. The lowest BCUT2D eigenvalue weighted by Crippen LogP contribution is -2.62. The smallest absolute Gasteiger partial charge is 0.311 e. The highest BCUT2D eigenvalue weighted by molar-refractivity contribution is 5.79. The van der Waals surface area contributed by atoms with Gasteiger partial charge in [0.2, 0.25) is 5.91 Å². The number of carbonyl (C=O) groups is 3. The predicted octanol–water partition coefficient (Wildman–Crippen LogP) is 3.35. The van der Waals surface area contributed by atoms with Crippen molar-refractivity contribution < 1.29 is 67.2 Å². The third-order valence-corrected chi connectivity index (χ3v) is 13.1. The van der Waals surface area contributed by atoms with Crippen molar-refractivity contribution in [2.24, 2.45) is 23.7 Å². The van der Waals surface area contributed by atoms with Crippen LogP contribution in [-0.2, 0) is 57.0 Å². The Bertz CT molecular complexity index is 1420. The van der Waals surface area contributed by atoms with Gasteiger partial charge >= 0.3 is 11.9 Å². The van der Waals surface area contributed by atoms with Gasteiger partial charge in [-0.15, -0.1) is 0 Å².